The van der Waals surface area contributed by atoms with Crippen LogP contribution in [0.1, 0.15) is 56.3 Å². The van der Waals surface area contributed by atoms with Gasteiger partial charge in [-0.3, -0.25) is 4.79 Å². The van der Waals surface area contributed by atoms with E-state index >= 15 is 0 Å². The molecule has 2 aromatic rings. The molecule has 0 aliphatic rings. The molecule has 140 valence electrons. The highest BCUT2D eigenvalue weighted by atomic mass is 16.5. The van der Waals surface area contributed by atoms with E-state index in [1.807, 2.05) is 38.1 Å². The fourth-order valence-electron chi connectivity index (χ4n) is 2.48. The molecule has 0 atom stereocenters. The van der Waals surface area contributed by atoms with E-state index in [1.54, 1.807) is 13.0 Å². The van der Waals surface area contributed by atoms with Crippen molar-refractivity contribution in [2.24, 2.45) is 0 Å². The van der Waals surface area contributed by atoms with Crippen LogP contribution in [0.3, 0.4) is 0 Å². The molecular weight excluding hydrogens is 328 g/mol. The Morgan fingerprint density at radius 3 is 2.69 bits per heavy atom. The zero-order chi connectivity index (χ0) is 18.9. The number of aryl methyl sites for hydroxylation is 1. The topological polar surface area (TPSA) is 76.1 Å². The van der Waals surface area contributed by atoms with Crippen molar-refractivity contribution < 1.29 is 9.53 Å². The molecule has 0 fully saturated rings. The molecule has 1 aromatic carbocycles. The molecule has 26 heavy (non-hydrogen) atoms. The Hall–Kier alpha value is -2.63. The van der Waals surface area contributed by atoms with Crippen LogP contribution in [-0.2, 0) is 0 Å². The second-order valence-corrected chi connectivity index (χ2v) is 6.44. The van der Waals surface area contributed by atoms with Gasteiger partial charge in [-0.25, -0.2) is 9.97 Å². The number of ether oxygens (including phenoxy) is 1. The maximum atomic E-state index is 12.3. The van der Waals surface area contributed by atoms with Crippen LogP contribution in [-0.4, -0.2) is 28.5 Å². The first-order valence-corrected chi connectivity index (χ1v) is 9.16. The number of hydrogen-bond acceptors (Lipinski definition) is 5. The van der Waals surface area contributed by atoms with Gasteiger partial charge in [0.1, 0.15) is 23.1 Å². The number of nitrogens with zero attached hydrogens (tertiary/aromatic N) is 2. The van der Waals surface area contributed by atoms with Crippen LogP contribution in [0, 0.1) is 6.92 Å². The summed E-state index contributed by atoms with van der Waals surface area (Å²) >= 11 is 0. The van der Waals surface area contributed by atoms with E-state index in [1.165, 1.54) is 0 Å². The summed E-state index contributed by atoms with van der Waals surface area (Å²) in [5, 5.41) is 6.14. The average molecular weight is 356 g/mol. The predicted molar refractivity (Wildman–Crippen MR) is 104 cm³/mol. The minimum atomic E-state index is -0.179. The molecule has 2 rings (SSSR count). The standard InChI is InChI=1S/C20H28N4O2/c1-5-6-9-12-21-20(25)17-13-19(23-15(4)22-17)24-16-10-7-8-11-18(16)26-14(2)3/h7-8,10-11,13-14H,5-6,9,12H2,1-4H3,(H,21,25)(H,22,23,24). The molecule has 6 nitrogen and oxygen atoms in total. The highest BCUT2D eigenvalue weighted by Gasteiger charge is 2.12. The highest BCUT2D eigenvalue weighted by Crippen LogP contribution is 2.27. The van der Waals surface area contributed by atoms with Crippen molar-refractivity contribution in [3.63, 3.8) is 0 Å². The zero-order valence-corrected chi connectivity index (χ0v) is 16.0. The lowest BCUT2D eigenvalue weighted by Crippen LogP contribution is -2.25. The van der Waals surface area contributed by atoms with Crippen LogP contribution < -0.4 is 15.4 Å². The summed E-state index contributed by atoms with van der Waals surface area (Å²) in [6.45, 7) is 8.52. The van der Waals surface area contributed by atoms with Crippen molar-refractivity contribution in [3.8, 4) is 5.75 Å². The van der Waals surface area contributed by atoms with Gasteiger partial charge in [-0.15, -0.1) is 0 Å². The van der Waals surface area contributed by atoms with E-state index in [0.717, 1.165) is 30.7 Å². The van der Waals surface area contributed by atoms with Crippen LogP contribution in [0.5, 0.6) is 5.75 Å². The SMILES string of the molecule is CCCCCNC(=O)c1cc(Nc2ccccc2OC(C)C)nc(C)n1. The molecule has 0 aliphatic heterocycles. The molecule has 6 heteroatoms. The van der Waals surface area contributed by atoms with Crippen LogP contribution in [0.2, 0.25) is 0 Å². The van der Waals surface area contributed by atoms with Crippen LogP contribution >= 0.6 is 0 Å². The number of carbonyl (C=O) groups excluding carboxylic acids is 1. The second kappa shape index (κ2) is 9.75. The molecule has 1 heterocycles. The molecular formula is C20H28N4O2. The lowest BCUT2D eigenvalue weighted by Gasteiger charge is -2.15. The number of para-hydroxylation sites is 2. The fraction of sp³-hybridized carbons (Fsp3) is 0.450. The van der Waals surface area contributed by atoms with Crippen molar-refractivity contribution >= 4 is 17.4 Å². The largest absolute Gasteiger partial charge is 0.489 e. The molecule has 0 aliphatic carbocycles. The maximum absolute atomic E-state index is 12.3. The Balaban J connectivity index is 2.14. The van der Waals surface area contributed by atoms with Crippen molar-refractivity contribution in [1.29, 1.82) is 0 Å². The summed E-state index contributed by atoms with van der Waals surface area (Å²) in [6, 6.07) is 9.32. The summed E-state index contributed by atoms with van der Waals surface area (Å²) in [6.07, 6.45) is 3.25. The van der Waals surface area contributed by atoms with E-state index in [9.17, 15) is 4.79 Å². The van der Waals surface area contributed by atoms with Gasteiger partial charge in [0.25, 0.3) is 5.91 Å². The van der Waals surface area contributed by atoms with Gasteiger partial charge >= 0.3 is 0 Å². The van der Waals surface area contributed by atoms with Gasteiger partial charge < -0.3 is 15.4 Å². The number of carbonyl (C=O) groups is 1. The van der Waals surface area contributed by atoms with Crippen molar-refractivity contribution in [1.82, 2.24) is 15.3 Å². The quantitative estimate of drug-likeness (QED) is 0.657. The Labute approximate surface area is 155 Å². The highest BCUT2D eigenvalue weighted by molar-refractivity contribution is 5.93. The minimum absolute atomic E-state index is 0.0644. The number of hydrogen-bond donors (Lipinski definition) is 2. The zero-order valence-electron chi connectivity index (χ0n) is 16.0. The second-order valence-electron chi connectivity index (χ2n) is 6.44. The minimum Gasteiger partial charge on any atom is -0.489 e. The Morgan fingerprint density at radius 1 is 1.19 bits per heavy atom. The summed E-state index contributed by atoms with van der Waals surface area (Å²) in [5.74, 6) is 1.66. The predicted octanol–water partition coefficient (Wildman–Crippen LogP) is 4.24. The van der Waals surface area contributed by atoms with E-state index in [2.05, 4.69) is 27.5 Å². The van der Waals surface area contributed by atoms with Crippen molar-refractivity contribution in [2.45, 2.75) is 53.1 Å². The van der Waals surface area contributed by atoms with Crippen molar-refractivity contribution in [2.75, 3.05) is 11.9 Å². The van der Waals surface area contributed by atoms with Crippen LogP contribution in [0.25, 0.3) is 0 Å². The molecule has 1 amide bonds. The number of aromatic nitrogens is 2. The Morgan fingerprint density at radius 2 is 1.96 bits per heavy atom. The molecule has 0 spiro atoms. The number of amides is 1. The molecule has 0 bridgehead atoms. The first kappa shape index (κ1) is 19.7. The lowest BCUT2D eigenvalue weighted by atomic mass is 10.2. The third kappa shape index (κ3) is 6.02. The molecule has 0 radical (unpaired) electrons. The lowest BCUT2D eigenvalue weighted by molar-refractivity contribution is 0.0947. The monoisotopic (exact) mass is 356 g/mol. The molecule has 0 saturated carbocycles. The van der Waals surface area contributed by atoms with Gasteiger partial charge in [0.15, 0.2) is 0 Å². The molecule has 0 unspecified atom stereocenters. The fourth-order valence-corrected chi connectivity index (χ4v) is 2.48. The molecule has 1 aromatic heterocycles. The van der Waals surface area contributed by atoms with Crippen LogP contribution in [0.4, 0.5) is 11.5 Å². The van der Waals surface area contributed by atoms with Crippen LogP contribution in [0.15, 0.2) is 30.3 Å². The number of unbranched alkanes of at least 4 members (excludes halogenated alkanes) is 2. The van der Waals surface area contributed by atoms with Gasteiger partial charge in [-0.05, 0) is 39.3 Å². The van der Waals surface area contributed by atoms with Gasteiger partial charge in [0.2, 0.25) is 0 Å². The Bertz CT molecular complexity index is 732. The number of rotatable bonds is 9. The van der Waals surface area contributed by atoms with E-state index in [4.69, 9.17) is 4.74 Å². The molecule has 2 N–H and O–H groups in total. The first-order chi connectivity index (χ1) is 12.5. The summed E-state index contributed by atoms with van der Waals surface area (Å²) in [7, 11) is 0. The molecule has 0 saturated heterocycles. The third-order valence-corrected chi connectivity index (χ3v) is 3.65. The van der Waals surface area contributed by atoms with Gasteiger partial charge in [0.05, 0.1) is 11.8 Å². The maximum Gasteiger partial charge on any atom is 0.270 e. The van der Waals surface area contributed by atoms with Gasteiger partial charge in [0, 0.05) is 12.6 Å². The van der Waals surface area contributed by atoms with Crippen molar-refractivity contribution in [3.05, 3.63) is 41.9 Å². The Kier molecular flexibility index (Phi) is 7.38. The van der Waals surface area contributed by atoms with E-state index < -0.39 is 0 Å². The van der Waals surface area contributed by atoms with Gasteiger partial charge in [-0.1, -0.05) is 31.9 Å². The van der Waals surface area contributed by atoms with E-state index in [-0.39, 0.29) is 12.0 Å². The number of benzene rings is 1. The normalized spacial score (nSPS) is 10.7. The summed E-state index contributed by atoms with van der Waals surface area (Å²) < 4.78 is 5.82. The summed E-state index contributed by atoms with van der Waals surface area (Å²) in [5.41, 5.74) is 1.16. The van der Waals surface area contributed by atoms with E-state index in [0.29, 0.717) is 23.9 Å². The van der Waals surface area contributed by atoms with Gasteiger partial charge in [-0.2, -0.15) is 0 Å². The smallest absolute Gasteiger partial charge is 0.270 e. The first-order valence-electron chi connectivity index (χ1n) is 9.16. The number of anilines is 2. The number of nitrogens with one attached hydrogen (secondary N) is 2. The third-order valence-electron chi connectivity index (χ3n) is 3.65. The average Bonchev–Trinajstić information content (AvgIpc) is 2.59. The summed E-state index contributed by atoms with van der Waals surface area (Å²) in [4.78, 5) is 21.0.